The molecule has 0 saturated carbocycles. The molecule has 1 saturated heterocycles. The van der Waals surface area contributed by atoms with Crippen molar-refractivity contribution in [1.29, 1.82) is 0 Å². The highest BCUT2D eigenvalue weighted by Gasteiger charge is 2.25. The summed E-state index contributed by atoms with van der Waals surface area (Å²) in [5, 5.41) is 16.3. The molecule has 2 heterocycles. The van der Waals surface area contributed by atoms with Crippen molar-refractivity contribution in [2.24, 2.45) is 0 Å². The number of para-hydroxylation sites is 1. The van der Waals surface area contributed by atoms with E-state index < -0.39 is 12.1 Å². The number of ether oxygens (including phenoxy) is 1. The van der Waals surface area contributed by atoms with Crippen molar-refractivity contribution in [1.82, 2.24) is 15.1 Å². The van der Waals surface area contributed by atoms with Gasteiger partial charge in [0.05, 0.1) is 18.6 Å². The van der Waals surface area contributed by atoms with Crippen LogP contribution in [0.15, 0.2) is 24.3 Å². The van der Waals surface area contributed by atoms with E-state index in [1.165, 1.54) is 0 Å². The summed E-state index contributed by atoms with van der Waals surface area (Å²) in [6, 6.07) is 7.07. The van der Waals surface area contributed by atoms with Gasteiger partial charge in [0.2, 0.25) is 0 Å². The second kappa shape index (κ2) is 4.27. The first-order valence-electron chi connectivity index (χ1n) is 5.78. The van der Waals surface area contributed by atoms with Gasteiger partial charge in [-0.25, -0.2) is 9.59 Å². The number of aromatic carboxylic acids is 1. The van der Waals surface area contributed by atoms with Gasteiger partial charge in [0, 0.05) is 5.39 Å². The summed E-state index contributed by atoms with van der Waals surface area (Å²) in [7, 11) is 0. The Kier molecular flexibility index (Phi) is 2.59. The Balaban J connectivity index is 1.99. The average molecular weight is 261 g/mol. The zero-order valence-corrected chi connectivity index (χ0v) is 9.87. The van der Waals surface area contributed by atoms with Crippen LogP contribution in [0.25, 0.3) is 10.9 Å². The predicted molar refractivity (Wildman–Crippen MR) is 65.0 cm³/mol. The van der Waals surface area contributed by atoms with E-state index in [9.17, 15) is 9.59 Å². The summed E-state index contributed by atoms with van der Waals surface area (Å²) in [5.41, 5.74) is 0.718. The Morgan fingerprint density at radius 2 is 2.32 bits per heavy atom. The van der Waals surface area contributed by atoms with Gasteiger partial charge in [-0.3, -0.25) is 4.68 Å². The number of nitrogens with zero attached hydrogens (tertiary/aromatic N) is 2. The van der Waals surface area contributed by atoms with Gasteiger partial charge in [-0.2, -0.15) is 5.10 Å². The first kappa shape index (κ1) is 11.5. The molecule has 0 radical (unpaired) electrons. The van der Waals surface area contributed by atoms with Crippen LogP contribution in [0.1, 0.15) is 10.5 Å². The topological polar surface area (TPSA) is 93.5 Å². The van der Waals surface area contributed by atoms with Gasteiger partial charge in [-0.1, -0.05) is 18.2 Å². The van der Waals surface area contributed by atoms with Gasteiger partial charge in [0.1, 0.15) is 6.10 Å². The molecule has 1 aliphatic rings. The zero-order valence-electron chi connectivity index (χ0n) is 9.87. The summed E-state index contributed by atoms with van der Waals surface area (Å²) in [5.74, 6) is -1.07. The van der Waals surface area contributed by atoms with Gasteiger partial charge in [-0.05, 0) is 6.07 Å². The number of carbonyl (C=O) groups is 2. The number of carboxylic acids is 1. The second-order valence-corrected chi connectivity index (χ2v) is 4.26. The number of fused-ring (bicyclic) bond motifs is 1. The van der Waals surface area contributed by atoms with Crippen LogP contribution < -0.4 is 5.32 Å². The molecule has 0 aliphatic carbocycles. The molecule has 2 aromatic rings. The highest BCUT2D eigenvalue weighted by molar-refractivity contribution is 6.01. The molecule has 1 atom stereocenters. The fourth-order valence-corrected chi connectivity index (χ4v) is 2.15. The second-order valence-electron chi connectivity index (χ2n) is 4.26. The molecule has 1 amide bonds. The normalized spacial score (nSPS) is 18.3. The molecule has 0 bridgehead atoms. The maximum absolute atomic E-state index is 11.1. The third kappa shape index (κ3) is 1.99. The first-order valence-corrected chi connectivity index (χ1v) is 5.78. The largest absolute Gasteiger partial charge is 0.476 e. The van der Waals surface area contributed by atoms with Gasteiger partial charge < -0.3 is 15.2 Å². The first-order chi connectivity index (χ1) is 9.15. The number of carbonyl (C=O) groups excluding carboxylic acids is 1. The van der Waals surface area contributed by atoms with E-state index in [0.29, 0.717) is 24.0 Å². The number of alkyl carbamates (subject to hydrolysis) is 1. The lowest BCUT2D eigenvalue weighted by molar-refractivity contribution is 0.0689. The van der Waals surface area contributed by atoms with Crippen LogP contribution >= 0.6 is 0 Å². The fraction of sp³-hybridized carbons (Fsp3) is 0.250. The number of hydrogen-bond acceptors (Lipinski definition) is 4. The summed E-state index contributed by atoms with van der Waals surface area (Å²) in [4.78, 5) is 22.1. The Labute approximate surface area is 107 Å². The van der Waals surface area contributed by atoms with E-state index in [1.54, 1.807) is 22.9 Å². The van der Waals surface area contributed by atoms with E-state index in [1.807, 2.05) is 6.07 Å². The van der Waals surface area contributed by atoms with E-state index in [4.69, 9.17) is 9.84 Å². The number of benzene rings is 1. The molecule has 3 rings (SSSR count). The molecule has 2 N–H and O–H groups in total. The maximum Gasteiger partial charge on any atom is 0.407 e. The predicted octanol–water partition coefficient (Wildman–Crippen LogP) is 0.843. The minimum Gasteiger partial charge on any atom is -0.476 e. The molecule has 1 fully saturated rings. The maximum atomic E-state index is 11.1. The van der Waals surface area contributed by atoms with Gasteiger partial charge >= 0.3 is 12.1 Å². The van der Waals surface area contributed by atoms with Gasteiger partial charge in [-0.15, -0.1) is 0 Å². The monoisotopic (exact) mass is 261 g/mol. The Hall–Kier alpha value is -2.57. The van der Waals surface area contributed by atoms with Crippen LogP contribution in [0.4, 0.5) is 4.79 Å². The van der Waals surface area contributed by atoms with Crippen LogP contribution in [0, 0.1) is 0 Å². The highest BCUT2D eigenvalue weighted by atomic mass is 16.6. The molecule has 98 valence electrons. The molecule has 7 heteroatoms. The van der Waals surface area contributed by atoms with E-state index in [-0.39, 0.29) is 11.8 Å². The van der Waals surface area contributed by atoms with Crippen molar-refractivity contribution >= 4 is 23.0 Å². The minimum absolute atomic E-state index is 0.00730. The molecule has 1 aliphatic heterocycles. The number of amides is 1. The Bertz CT molecular complexity index is 664. The summed E-state index contributed by atoms with van der Waals surface area (Å²) in [6.07, 6.45) is -0.794. The lowest BCUT2D eigenvalue weighted by Gasteiger charge is -2.08. The van der Waals surface area contributed by atoms with Crippen molar-refractivity contribution in [3.63, 3.8) is 0 Å². The standard InChI is InChI=1S/C12H11N3O4/c16-11(17)10-8-3-1-2-4-9(8)15(14-10)6-7-5-13-12(18)19-7/h1-4,7H,5-6H2,(H,13,18)(H,16,17). The molecule has 1 unspecified atom stereocenters. The van der Waals surface area contributed by atoms with Gasteiger partial charge in [0.15, 0.2) is 5.69 Å². The third-order valence-electron chi connectivity index (χ3n) is 2.98. The quantitative estimate of drug-likeness (QED) is 0.854. The van der Waals surface area contributed by atoms with Crippen molar-refractivity contribution in [2.45, 2.75) is 12.6 Å². The third-order valence-corrected chi connectivity index (χ3v) is 2.98. The molecular formula is C12H11N3O4. The number of nitrogens with one attached hydrogen (secondary N) is 1. The molecule has 7 nitrogen and oxygen atoms in total. The molecule has 1 aromatic carbocycles. The molecule has 19 heavy (non-hydrogen) atoms. The SMILES string of the molecule is O=C1NCC(Cn2nc(C(=O)O)c3ccccc32)O1. The highest BCUT2D eigenvalue weighted by Crippen LogP contribution is 2.19. The summed E-state index contributed by atoms with van der Waals surface area (Å²) >= 11 is 0. The summed E-state index contributed by atoms with van der Waals surface area (Å²) in [6.45, 7) is 0.724. The minimum atomic E-state index is -1.07. The number of rotatable bonds is 3. The van der Waals surface area contributed by atoms with Crippen LogP contribution in [0.5, 0.6) is 0 Å². The fourth-order valence-electron chi connectivity index (χ4n) is 2.15. The number of hydrogen-bond donors (Lipinski definition) is 2. The van der Waals surface area contributed by atoms with Crippen molar-refractivity contribution in [2.75, 3.05) is 6.54 Å². The van der Waals surface area contributed by atoms with E-state index in [2.05, 4.69) is 10.4 Å². The lowest BCUT2D eigenvalue weighted by Crippen LogP contribution is -2.21. The molecule has 1 aromatic heterocycles. The molecule has 0 spiro atoms. The summed E-state index contributed by atoms with van der Waals surface area (Å²) < 4.78 is 6.58. The number of cyclic esters (lactones) is 1. The van der Waals surface area contributed by atoms with Crippen LogP contribution in [0.3, 0.4) is 0 Å². The Morgan fingerprint density at radius 3 is 3.00 bits per heavy atom. The Morgan fingerprint density at radius 1 is 1.53 bits per heavy atom. The van der Waals surface area contributed by atoms with Crippen LogP contribution in [0.2, 0.25) is 0 Å². The van der Waals surface area contributed by atoms with E-state index >= 15 is 0 Å². The van der Waals surface area contributed by atoms with Crippen molar-refractivity contribution in [3.05, 3.63) is 30.0 Å². The van der Waals surface area contributed by atoms with Crippen molar-refractivity contribution < 1.29 is 19.4 Å². The van der Waals surface area contributed by atoms with Crippen LogP contribution in [-0.4, -0.2) is 39.6 Å². The smallest absolute Gasteiger partial charge is 0.407 e. The van der Waals surface area contributed by atoms with Crippen molar-refractivity contribution in [3.8, 4) is 0 Å². The van der Waals surface area contributed by atoms with Gasteiger partial charge in [0.25, 0.3) is 0 Å². The lowest BCUT2D eigenvalue weighted by atomic mass is 10.2. The van der Waals surface area contributed by atoms with Crippen LogP contribution in [-0.2, 0) is 11.3 Å². The number of carboxylic acid groups (broad SMARTS) is 1. The zero-order chi connectivity index (χ0) is 13.4. The number of aromatic nitrogens is 2. The molecular weight excluding hydrogens is 250 g/mol. The average Bonchev–Trinajstić information content (AvgIpc) is 2.95. The van der Waals surface area contributed by atoms with E-state index in [0.717, 1.165) is 0 Å².